The standard InChI is InChI=1S/C16H19N7O2/c1-3-13-19-14(21-20-13)12-9-22(6-7-25-12)16(24)11-8-17-23-5-4-10(2)18-15(11)23/h4-5,8,12H,3,6-7,9H2,1-2H3,(H,19,20,21). The van der Waals surface area contributed by atoms with Crippen LogP contribution in [-0.2, 0) is 11.2 Å². The third-order valence-corrected chi connectivity index (χ3v) is 4.26. The fourth-order valence-electron chi connectivity index (χ4n) is 2.88. The number of H-pyrrole nitrogens is 1. The topological polar surface area (TPSA) is 101 Å². The molecule has 9 nitrogen and oxygen atoms in total. The Morgan fingerprint density at radius 2 is 2.32 bits per heavy atom. The van der Waals surface area contributed by atoms with E-state index in [1.807, 2.05) is 19.9 Å². The molecule has 1 unspecified atom stereocenters. The van der Waals surface area contributed by atoms with E-state index in [4.69, 9.17) is 4.74 Å². The summed E-state index contributed by atoms with van der Waals surface area (Å²) < 4.78 is 7.36. The van der Waals surface area contributed by atoms with Crippen LogP contribution in [0.25, 0.3) is 5.65 Å². The maximum absolute atomic E-state index is 13.0. The smallest absolute Gasteiger partial charge is 0.259 e. The van der Waals surface area contributed by atoms with Crippen molar-refractivity contribution in [2.45, 2.75) is 26.4 Å². The van der Waals surface area contributed by atoms with Gasteiger partial charge in [0.05, 0.1) is 19.3 Å². The molecule has 0 spiro atoms. The molecule has 0 aromatic carbocycles. The Bertz CT molecular complexity index is 916. The lowest BCUT2D eigenvalue weighted by Crippen LogP contribution is -2.42. The molecule has 1 amide bonds. The van der Waals surface area contributed by atoms with Gasteiger partial charge in [0.25, 0.3) is 5.91 Å². The van der Waals surface area contributed by atoms with Gasteiger partial charge in [0.1, 0.15) is 17.5 Å². The van der Waals surface area contributed by atoms with E-state index in [1.54, 1.807) is 21.8 Å². The van der Waals surface area contributed by atoms with E-state index < -0.39 is 0 Å². The molecule has 0 aliphatic carbocycles. The maximum atomic E-state index is 13.0. The second-order valence-corrected chi connectivity index (χ2v) is 6.00. The Hall–Kier alpha value is -2.81. The van der Waals surface area contributed by atoms with Crippen LogP contribution in [0.1, 0.15) is 40.7 Å². The van der Waals surface area contributed by atoms with Gasteiger partial charge in [-0.3, -0.25) is 9.89 Å². The van der Waals surface area contributed by atoms with E-state index in [0.29, 0.717) is 36.7 Å². The molecule has 1 saturated heterocycles. The molecule has 4 rings (SSSR count). The fourth-order valence-corrected chi connectivity index (χ4v) is 2.88. The van der Waals surface area contributed by atoms with Crippen LogP contribution < -0.4 is 0 Å². The summed E-state index contributed by atoms with van der Waals surface area (Å²) in [6.45, 7) is 5.26. The minimum atomic E-state index is -0.328. The summed E-state index contributed by atoms with van der Waals surface area (Å²) in [4.78, 5) is 23.5. The molecule has 4 heterocycles. The first-order valence-corrected chi connectivity index (χ1v) is 8.28. The molecule has 0 bridgehead atoms. The number of aromatic nitrogens is 6. The number of nitrogens with one attached hydrogen (secondary N) is 1. The van der Waals surface area contributed by atoms with Crippen LogP contribution in [0.5, 0.6) is 0 Å². The summed E-state index contributed by atoms with van der Waals surface area (Å²) in [5.74, 6) is 1.29. The zero-order chi connectivity index (χ0) is 17.4. The molecule has 0 radical (unpaired) electrons. The van der Waals surface area contributed by atoms with E-state index in [2.05, 4.69) is 25.3 Å². The molecule has 3 aromatic rings. The third-order valence-electron chi connectivity index (χ3n) is 4.26. The Morgan fingerprint density at radius 1 is 1.44 bits per heavy atom. The second-order valence-electron chi connectivity index (χ2n) is 6.00. The number of fused-ring (bicyclic) bond motifs is 1. The summed E-state index contributed by atoms with van der Waals surface area (Å²) in [6.07, 6.45) is 3.81. The average molecular weight is 341 g/mol. The van der Waals surface area contributed by atoms with Crippen molar-refractivity contribution < 1.29 is 9.53 Å². The van der Waals surface area contributed by atoms with E-state index in [0.717, 1.165) is 17.9 Å². The number of carbonyl (C=O) groups excluding carboxylic acids is 1. The van der Waals surface area contributed by atoms with Crippen molar-refractivity contribution in [1.82, 2.24) is 34.7 Å². The zero-order valence-electron chi connectivity index (χ0n) is 14.1. The van der Waals surface area contributed by atoms with E-state index in [-0.39, 0.29) is 12.0 Å². The number of nitrogens with zero attached hydrogens (tertiary/aromatic N) is 6. The molecule has 1 fully saturated rings. The van der Waals surface area contributed by atoms with Crippen molar-refractivity contribution in [3.05, 3.63) is 41.4 Å². The Labute approximate surface area is 144 Å². The highest BCUT2D eigenvalue weighted by molar-refractivity contribution is 5.99. The van der Waals surface area contributed by atoms with Crippen LogP contribution in [0, 0.1) is 6.92 Å². The van der Waals surface area contributed by atoms with Gasteiger partial charge in [-0.2, -0.15) is 10.2 Å². The Balaban J connectivity index is 1.57. The van der Waals surface area contributed by atoms with Gasteiger partial charge in [-0.1, -0.05) is 6.92 Å². The summed E-state index contributed by atoms with van der Waals surface area (Å²) >= 11 is 0. The van der Waals surface area contributed by atoms with Gasteiger partial charge in [0.2, 0.25) is 0 Å². The summed E-state index contributed by atoms with van der Waals surface area (Å²) in [5.41, 5.74) is 1.91. The van der Waals surface area contributed by atoms with Crippen molar-refractivity contribution in [3.63, 3.8) is 0 Å². The number of carbonyl (C=O) groups is 1. The normalized spacial score (nSPS) is 18.0. The molecule has 1 N–H and O–H groups in total. The fraction of sp³-hybridized carbons (Fsp3) is 0.438. The average Bonchev–Trinajstić information content (AvgIpc) is 3.28. The molecular formula is C16H19N7O2. The number of ether oxygens (including phenoxy) is 1. The van der Waals surface area contributed by atoms with Crippen molar-refractivity contribution >= 4 is 11.6 Å². The minimum Gasteiger partial charge on any atom is -0.366 e. The first-order chi connectivity index (χ1) is 12.2. The van der Waals surface area contributed by atoms with Crippen LogP contribution in [0.3, 0.4) is 0 Å². The van der Waals surface area contributed by atoms with E-state index in [9.17, 15) is 4.79 Å². The molecule has 130 valence electrons. The number of aromatic amines is 1. The van der Waals surface area contributed by atoms with Gasteiger partial charge >= 0.3 is 0 Å². The van der Waals surface area contributed by atoms with Gasteiger partial charge in [0, 0.05) is 24.9 Å². The molecule has 1 atom stereocenters. The molecule has 3 aromatic heterocycles. The van der Waals surface area contributed by atoms with Crippen LogP contribution in [-0.4, -0.2) is 60.3 Å². The van der Waals surface area contributed by atoms with Gasteiger partial charge in [-0.15, -0.1) is 0 Å². The predicted molar refractivity (Wildman–Crippen MR) is 88.1 cm³/mol. The predicted octanol–water partition coefficient (Wildman–Crippen LogP) is 0.932. The van der Waals surface area contributed by atoms with Crippen molar-refractivity contribution in [2.75, 3.05) is 19.7 Å². The van der Waals surface area contributed by atoms with Crippen molar-refractivity contribution in [1.29, 1.82) is 0 Å². The van der Waals surface area contributed by atoms with E-state index >= 15 is 0 Å². The van der Waals surface area contributed by atoms with Gasteiger partial charge in [-0.05, 0) is 13.0 Å². The molecule has 25 heavy (non-hydrogen) atoms. The molecular weight excluding hydrogens is 322 g/mol. The molecule has 0 saturated carbocycles. The SMILES string of the molecule is CCc1nc(C2CN(C(=O)c3cnn4ccc(C)nc34)CCO2)n[nH]1. The first kappa shape index (κ1) is 15.7. The number of rotatable bonds is 3. The highest BCUT2D eigenvalue weighted by atomic mass is 16.5. The maximum Gasteiger partial charge on any atom is 0.259 e. The number of amides is 1. The second kappa shape index (κ2) is 6.25. The largest absolute Gasteiger partial charge is 0.366 e. The summed E-state index contributed by atoms with van der Waals surface area (Å²) in [5, 5.41) is 11.3. The Kier molecular flexibility index (Phi) is 3.92. The Morgan fingerprint density at radius 3 is 3.12 bits per heavy atom. The lowest BCUT2D eigenvalue weighted by molar-refractivity contribution is -0.0266. The van der Waals surface area contributed by atoms with Crippen LogP contribution in [0.4, 0.5) is 0 Å². The highest BCUT2D eigenvalue weighted by Crippen LogP contribution is 2.21. The molecule has 1 aliphatic heterocycles. The van der Waals surface area contributed by atoms with Crippen LogP contribution >= 0.6 is 0 Å². The number of morpholine rings is 1. The monoisotopic (exact) mass is 341 g/mol. The summed E-state index contributed by atoms with van der Waals surface area (Å²) in [6, 6.07) is 1.85. The van der Waals surface area contributed by atoms with Crippen molar-refractivity contribution in [3.8, 4) is 0 Å². The molecule has 9 heteroatoms. The lowest BCUT2D eigenvalue weighted by Gasteiger charge is -2.31. The number of aryl methyl sites for hydroxylation is 2. The van der Waals surface area contributed by atoms with Gasteiger partial charge < -0.3 is 9.64 Å². The zero-order valence-corrected chi connectivity index (χ0v) is 14.1. The summed E-state index contributed by atoms with van der Waals surface area (Å²) in [7, 11) is 0. The quantitative estimate of drug-likeness (QED) is 0.760. The highest BCUT2D eigenvalue weighted by Gasteiger charge is 2.30. The first-order valence-electron chi connectivity index (χ1n) is 8.28. The van der Waals surface area contributed by atoms with Crippen LogP contribution in [0.15, 0.2) is 18.5 Å². The number of hydrogen-bond donors (Lipinski definition) is 1. The molecule has 1 aliphatic rings. The lowest BCUT2D eigenvalue weighted by atomic mass is 10.2. The third kappa shape index (κ3) is 2.86. The van der Waals surface area contributed by atoms with Crippen molar-refractivity contribution in [2.24, 2.45) is 0 Å². The minimum absolute atomic E-state index is 0.104. The van der Waals surface area contributed by atoms with Gasteiger partial charge in [-0.25, -0.2) is 14.5 Å². The van der Waals surface area contributed by atoms with Crippen LogP contribution in [0.2, 0.25) is 0 Å². The number of hydrogen-bond acceptors (Lipinski definition) is 6. The van der Waals surface area contributed by atoms with E-state index in [1.165, 1.54) is 0 Å². The van der Waals surface area contributed by atoms with Gasteiger partial charge in [0.15, 0.2) is 11.5 Å².